The molecule has 2 atom stereocenters. The molecular formula is C16H23BrN4. The lowest BCUT2D eigenvalue weighted by molar-refractivity contribution is 0.464. The van der Waals surface area contributed by atoms with Crippen molar-refractivity contribution in [3.8, 4) is 0 Å². The first-order valence-corrected chi connectivity index (χ1v) is 8.16. The standard InChI is InChI=1S/C16H23BrN4/c1-3-12(2)21-8-7-15(20-21)11-16(19-18)10-13-5-4-6-14(17)9-13/h4-9,12,16,19H,3,10-11,18H2,1-2H3. The van der Waals surface area contributed by atoms with Gasteiger partial charge in [0.15, 0.2) is 0 Å². The van der Waals surface area contributed by atoms with Crippen molar-refractivity contribution < 1.29 is 0 Å². The van der Waals surface area contributed by atoms with E-state index < -0.39 is 0 Å². The summed E-state index contributed by atoms with van der Waals surface area (Å²) in [6.45, 7) is 4.35. The largest absolute Gasteiger partial charge is 0.271 e. The third kappa shape index (κ3) is 4.66. The van der Waals surface area contributed by atoms with Gasteiger partial charge in [0.1, 0.15) is 0 Å². The van der Waals surface area contributed by atoms with Crippen molar-refractivity contribution in [1.82, 2.24) is 15.2 Å². The molecule has 1 heterocycles. The number of benzene rings is 1. The topological polar surface area (TPSA) is 55.9 Å². The van der Waals surface area contributed by atoms with Crippen molar-refractivity contribution in [2.24, 2.45) is 5.84 Å². The quantitative estimate of drug-likeness (QED) is 0.595. The zero-order chi connectivity index (χ0) is 15.2. The van der Waals surface area contributed by atoms with Gasteiger partial charge in [-0.25, -0.2) is 0 Å². The van der Waals surface area contributed by atoms with Gasteiger partial charge < -0.3 is 0 Å². The van der Waals surface area contributed by atoms with E-state index in [1.54, 1.807) is 0 Å². The van der Waals surface area contributed by atoms with Gasteiger partial charge in [0.2, 0.25) is 0 Å². The van der Waals surface area contributed by atoms with Crippen molar-refractivity contribution >= 4 is 15.9 Å². The van der Waals surface area contributed by atoms with Crippen LogP contribution in [0.2, 0.25) is 0 Å². The maximum absolute atomic E-state index is 5.70. The summed E-state index contributed by atoms with van der Waals surface area (Å²) in [4.78, 5) is 0. The summed E-state index contributed by atoms with van der Waals surface area (Å²) < 4.78 is 3.12. The fourth-order valence-electron chi connectivity index (χ4n) is 2.31. The summed E-state index contributed by atoms with van der Waals surface area (Å²) in [6, 6.07) is 11.0. The third-order valence-electron chi connectivity index (χ3n) is 3.77. The minimum atomic E-state index is 0.180. The zero-order valence-electron chi connectivity index (χ0n) is 12.6. The molecule has 0 aliphatic rings. The van der Waals surface area contributed by atoms with Crippen molar-refractivity contribution in [3.63, 3.8) is 0 Å². The van der Waals surface area contributed by atoms with Crippen LogP contribution in [0, 0.1) is 0 Å². The number of nitrogens with zero attached hydrogens (tertiary/aromatic N) is 2. The van der Waals surface area contributed by atoms with Crippen LogP contribution in [0.4, 0.5) is 0 Å². The number of nitrogens with two attached hydrogens (primary N) is 1. The number of hydrazine groups is 1. The lowest BCUT2D eigenvalue weighted by atomic mass is 10.0. The van der Waals surface area contributed by atoms with E-state index in [0.717, 1.165) is 29.4 Å². The van der Waals surface area contributed by atoms with Crippen LogP contribution in [0.15, 0.2) is 41.0 Å². The van der Waals surface area contributed by atoms with E-state index in [-0.39, 0.29) is 6.04 Å². The molecule has 21 heavy (non-hydrogen) atoms. The Hall–Kier alpha value is -1.17. The fraction of sp³-hybridized carbons (Fsp3) is 0.438. The lowest BCUT2D eigenvalue weighted by Gasteiger charge is -2.15. The van der Waals surface area contributed by atoms with E-state index in [4.69, 9.17) is 5.84 Å². The Morgan fingerprint density at radius 3 is 2.81 bits per heavy atom. The molecule has 0 radical (unpaired) electrons. The Kier molecular flexibility index (Phi) is 5.96. The van der Waals surface area contributed by atoms with Crippen molar-refractivity contribution in [3.05, 3.63) is 52.3 Å². The monoisotopic (exact) mass is 350 g/mol. The van der Waals surface area contributed by atoms with Crippen molar-refractivity contribution in [1.29, 1.82) is 0 Å². The van der Waals surface area contributed by atoms with Crippen molar-refractivity contribution in [2.45, 2.75) is 45.2 Å². The van der Waals surface area contributed by atoms with Crippen LogP contribution in [-0.4, -0.2) is 15.8 Å². The molecule has 0 bridgehead atoms. The molecule has 1 aromatic heterocycles. The number of hydrogen-bond acceptors (Lipinski definition) is 3. The van der Waals surface area contributed by atoms with Gasteiger partial charge in [0, 0.05) is 29.2 Å². The van der Waals surface area contributed by atoms with E-state index in [2.05, 4.69) is 64.7 Å². The Labute approximate surface area is 134 Å². The second-order valence-corrected chi connectivity index (χ2v) is 6.36. The highest BCUT2D eigenvalue weighted by Crippen LogP contribution is 2.15. The number of hydrogen-bond donors (Lipinski definition) is 2. The van der Waals surface area contributed by atoms with Crippen molar-refractivity contribution in [2.75, 3.05) is 0 Å². The van der Waals surface area contributed by atoms with Gasteiger partial charge >= 0.3 is 0 Å². The molecule has 0 saturated heterocycles. The molecule has 0 amide bonds. The average molecular weight is 351 g/mol. The predicted molar refractivity (Wildman–Crippen MR) is 89.9 cm³/mol. The summed E-state index contributed by atoms with van der Waals surface area (Å²) in [5.41, 5.74) is 5.24. The number of nitrogens with one attached hydrogen (secondary N) is 1. The van der Waals surface area contributed by atoms with E-state index in [0.29, 0.717) is 6.04 Å². The van der Waals surface area contributed by atoms with Gasteiger partial charge in [0.25, 0.3) is 0 Å². The van der Waals surface area contributed by atoms with Gasteiger partial charge in [-0.2, -0.15) is 5.10 Å². The molecule has 114 valence electrons. The molecule has 0 spiro atoms. The van der Waals surface area contributed by atoms with Gasteiger partial charge in [-0.3, -0.25) is 16.0 Å². The SMILES string of the molecule is CCC(C)n1ccc(CC(Cc2cccc(Br)c2)NN)n1. The van der Waals surface area contributed by atoms with Gasteiger partial charge in [-0.1, -0.05) is 35.0 Å². The minimum absolute atomic E-state index is 0.180. The molecule has 2 rings (SSSR count). The molecule has 2 aromatic rings. The molecule has 3 N–H and O–H groups in total. The Balaban J connectivity index is 2.00. The molecular weight excluding hydrogens is 328 g/mol. The molecule has 1 aromatic carbocycles. The summed E-state index contributed by atoms with van der Waals surface area (Å²) in [6.07, 6.45) is 4.84. The smallest absolute Gasteiger partial charge is 0.0640 e. The van der Waals surface area contributed by atoms with E-state index in [1.807, 2.05) is 16.8 Å². The molecule has 5 heteroatoms. The summed E-state index contributed by atoms with van der Waals surface area (Å²) >= 11 is 3.50. The number of halogens is 1. The maximum Gasteiger partial charge on any atom is 0.0640 e. The van der Waals surface area contributed by atoms with E-state index in [9.17, 15) is 0 Å². The first kappa shape index (κ1) is 16.2. The highest BCUT2D eigenvalue weighted by atomic mass is 79.9. The fourth-order valence-corrected chi connectivity index (χ4v) is 2.76. The third-order valence-corrected chi connectivity index (χ3v) is 4.26. The molecule has 0 fully saturated rings. The predicted octanol–water partition coefficient (Wildman–Crippen LogP) is 3.23. The highest BCUT2D eigenvalue weighted by molar-refractivity contribution is 9.10. The van der Waals surface area contributed by atoms with Gasteiger partial charge in [-0.15, -0.1) is 0 Å². The normalized spacial score (nSPS) is 14.1. The van der Waals surface area contributed by atoms with Gasteiger partial charge in [0.05, 0.1) is 5.69 Å². The second kappa shape index (κ2) is 7.73. The van der Waals surface area contributed by atoms with E-state index in [1.165, 1.54) is 5.56 Å². The van der Waals surface area contributed by atoms with E-state index >= 15 is 0 Å². The van der Waals surface area contributed by atoms with Crippen LogP contribution in [0.3, 0.4) is 0 Å². The van der Waals surface area contributed by atoms with Gasteiger partial charge in [-0.05, 0) is 43.5 Å². The minimum Gasteiger partial charge on any atom is -0.271 e. The molecule has 0 aliphatic heterocycles. The molecule has 0 aliphatic carbocycles. The number of aromatic nitrogens is 2. The van der Waals surface area contributed by atoms with Crippen LogP contribution in [0.5, 0.6) is 0 Å². The maximum atomic E-state index is 5.70. The first-order valence-electron chi connectivity index (χ1n) is 7.37. The molecule has 4 nitrogen and oxygen atoms in total. The second-order valence-electron chi connectivity index (χ2n) is 5.45. The first-order chi connectivity index (χ1) is 10.1. The molecule has 0 saturated carbocycles. The highest BCUT2D eigenvalue weighted by Gasteiger charge is 2.12. The van der Waals surface area contributed by atoms with Crippen LogP contribution < -0.4 is 11.3 Å². The Morgan fingerprint density at radius 1 is 1.33 bits per heavy atom. The summed E-state index contributed by atoms with van der Waals surface area (Å²) in [7, 11) is 0. The average Bonchev–Trinajstić information content (AvgIpc) is 2.94. The Bertz CT molecular complexity index is 567. The van der Waals surface area contributed by atoms with Crippen LogP contribution in [0.25, 0.3) is 0 Å². The molecule has 2 unspecified atom stereocenters. The van der Waals surface area contributed by atoms with Crippen LogP contribution >= 0.6 is 15.9 Å². The lowest BCUT2D eigenvalue weighted by Crippen LogP contribution is -2.38. The summed E-state index contributed by atoms with van der Waals surface area (Å²) in [5.74, 6) is 5.70. The van der Waals surface area contributed by atoms with Crippen LogP contribution in [0.1, 0.15) is 37.6 Å². The Morgan fingerprint density at radius 2 is 2.14 bits per heavy atom. The number of rotatable bonds is 7. The summed E-state index contributed by atoms with van der Waals surface area (Å²) in [5, 5.41) is 4.64. The van der Waals surface area contributed by atoms with Crippen LogP contribution in [-0.2, 0) is 12.8 Å². The zero-order valence-corrected chi connectivity index (χ0v) is 14.2.